The molecule has 1 unspecified atom stereocenters. The predicted octanol–water partition coefficient (Wildman–Crippen LogP) is 3.16. The normalized spacial score (nSPS) is 18.1. The highest BCUT2D eigenvalue weighted by molar-refractivity contribution is 5.32. The van der Waals surface area contributed by atoms with Gasteiger partial charge >= 0.3 is 6.01 Å². The topological polar surface area (TPSA) is 51.0 Å². The number of hydrogen-bond donors (Lipinski definition) is 1. The molecule has 0 bridgehead atoms. The molecule has 4 nitrogen and oxygen atoms in total. The van der Waals surface area contributed by atoms with E-state index in [1.807, 2.05) is 0 Å². The number of rotatable bonds is 4. The van der Waals surface area contributed by atoms with E-state index >= 15 is 0 Å². The van der Waals surface area contributed by atoms with E-state index in [1.165, 1.54) is 11.1 Å². The van der Waals surface area contributed by atoms with Crippen LogP contribution < -0.4 is 5.32 Å². The Labute approximate surface area is 113 Å². The third kappa shape index (κ3) is 2.62. The molecular weight excluding hydrogens is 238 g/mol. The number of aryl methyl sites for hydroxylation is 1. The lowest BCUT2D eigenvalue weighted by Crippen LogP contribution is -2.13. The molecule has 3 rings (SSSR count). The summed E-state index contributed by atoms with van der Waals surface area (Å²) in [6, 6.07) is 9.19. The fourth-order valence-corrected chi connectivity index (χ4v) is 2.62. The van der Waals surface area contributed by atoms with Gasteiger partial charge in [0.1, 0.15) is 0 Å². The highest BCUT2D eigenvalue weighted by atomic mass is 16.5. The second-order valence-corrected chi connectivity index (χ2v) is 5.09. The Morgan fingerprint density at radius 2 is 2.16 bits per heavy atom. The number of nitrogens with one attached hydrogen (secondary N) is 1. The van der Waals surface area contributed by atoms with Crippen molar-refractivity contribution in [1.82, 2.24) is 10.1 Å². The van der Waals surface area contributed by atoms with E-state index in [4.69, 9.17) is 4.52 Å². The maximum absolute atomic E-state index is 5.24. The molecule has 4 heteroatoms. The third-order valence-corrected chi connectivity index (χ3v) is 3.68. The second kappa shape index (κ2) is 5.43. The second-order valence-electron chi connectivity index (χ2n) is 5.09. The Hall–Kier alpha value is -1.84. The quantitative estimate of drug-likeness (QED) is 0.914. The Bertz CT molecular complexity index is 550. The lowest BCUT2D eigenvalue weighted by molar-refractivity contribution is 0.410. The summed E-state index contributed by atoms with van der Waals surface area (Å²) < 4.78 is 5.24. The Balaban J connectivity index is 1.72. The number of hydrogen-bond acceptors (Lipinski definition) is 4. The fourth-order valence-electron chi connectivity index (χ4n) is 2.62. The van der Waals surface area contributed by atoms with Gasteiger partial charge in [0.15, 0.2) is 5.82 Å². The van der Waals surface area contributed by atoms with Gasteiger partial charge in [-0.1, -0.05) is 36.3 Å². The summed E-state index contributed by atoms with van der Waals surface area (Å²) in [5.41, 5.74) is 2.89. The van der Waals surface area contributed by atoms with Crippen molar-refractivity contribution in [2.45, 2.75) is 38.5 Å². The molecule has 1 aliphatic carbocycles. The minimum atomic E-state index is 0.385. The lowest BCUT2D eigenvalue weighted by atomic mass is 9.83. The van der Waals surface area contributed by atoms with Gasteiger partial charge in [-0.2, -0.15) is 4.98 Å². The average Bonchev–Trinajstić information content (AvgIpc) is 2.93. The third-order valence-electron chi connectivity index (χ3n) is 3.68. The van der Waals surface area contributed by atoms with Gasteiger partial charge in [0.05, 0.1) is 0 Å². The van der Waals surface area contributed by atoms with E-state index in [9.17, 15) is 0 Å². The minimum absolute atomic E-state index is 0.385. The lowest BCUT2D eigenvalue weighted by Gasteiger charge is -2.21. The molecular formula is C15H19N3O. The summed E-state index contributed by atoms with van der Waals surface area (Å²) in [4.78, 5) is 4.46. The Morgan fingerprint density at radius 1 is 1.32 bits per heavy atom. The number of benzene rings is 1. The van der Waals surface area contributed by atoms with Crippen molar-refractivity contribution < 1.29 is 4.52 Å². The molecule has 2 aromatic rings. The SMILES string of the molecule is CCCNc1nc(C2CCc3ccccc3C2)no1. The molecule has 0 saturated heterocycles. The van der Waals surface area contributed by atoms with E-state index in [1.54, 1.807) is 0 Å². The average molecular weight is 257 g/mol. The maximum atomic E-state index is 5.24. The van der Waals surface area contributed by atoms with Crippen LogP contribution in [-0.4, -0.2) is 16.7 Å². The predicted molar refractivity (Wildman–Crippen MR) is 74.3 cm³/mol. The molecule has 1 atom stereocenters. The van der Waals surface area contributed by atoms with Crippen LogP contribution in [0.4, 0.5) is 6.01 Å². The summed E-state index contributed by atoms with van der Waals surface area (Å²) in [6.07, 6.45) is 4.27. The van der Waals surface area contributed by atoms with Crippen LogP contribution in [-0.2, 0) is 12.8 Å². The summed E-state index contributed by atoms with van der Waals surface area (Å²) >= 11 is 0. The van der Waals surface area contributed by atoms with E-state index < -0.39 is 0 Å². The number of fused-ring (bicyclic) bond motifs is 1. The highest BCUT2D eigenvalue weighted by Gasteiger charge is 2.23. The van der Waals surface area contributed by atoms with Crippen LogP contribution in [0.25, 0.3) is 0 Å². The van der Waals surface area contributed by atoms with Gasteiger partial charge in [-0.15, -0.1) is 0 Å². The molecule has 1 aliphatic rings. The van der Waals surface area contributed by atoms with Crippen LogP contribution in [0.5, 0.6) is 0 Å². The summed E-state index contributed by atoms with van der Waals surface area (Å²) in [7, 11) is 0. The molecule has 1 heterocycles. The van der Waals surface area contributed by atoms with Crippen LogP contribution in [0.1, 0.15) is 42.6 Å². The van der Waals surface area contributed by atoms with Crippen LogP contribution in [0, 0.1) is 0 Å². The monoisotopic (exact) mass is 257 g/mol. The summed E-state index contributed by atoms with van der Waals surface area (Å²) in [5.74, 6) is 1.23. The minimum Gasteiger partial charge on any atom is -0.338 e. The van der Waals surface area contributed by atoms with Crippen molar-refractivity contribution in [3.8, 4) is 0 Å². The fraction of sp³-hybridized carbons (Fsp3) is 0.467. The number of anilines is 1. The van der Waals surface area contributed by atoms with Crippen LogP contribution in [0.15, 0.2) is 28.8 Å². The van der Waals surface area contributed by atoms with E-state index in [-0.39, 0.29) is 0 Å². The zero-order chi connectivity index (χ0) is 13.1. The van der Waals surface area contributed by atoms with Crippen molar-refractivity contribution in [2.24, 2.45) is 0 Å². The van der Waals surface area contributed by atoms with Crippen LogP contribution >= 0.6 is 0 Å². The zero-order valence-electron chi connectivity index (χ0n) is 11.2. The number of nitrogens with zero attached hydrogens (tertiary/aromatic N) is 2. The molecule has 1 aromatic carbocycles. The first-order chi connectivity index (χ1) is 9.36. The molecule has 0 radical (unpaired) electrons. The molecule has 0 amide bonds. The first-order valence-electron chi connectivity index (χ1n) is 7.01. The van der Waals surface area contributed by atoms with Crippen molar-refractivity contribution in [2.75, 3.05) is 11.9 Å². The van der Waals surface area contributed by atoms with E-state index in [2.05, 4.69) is 46.6 Å². The van der Waals surface area contributed by atoms with Gasteiger partial charge in [-0.25, -0.2) is 0 Å². The molecule has 0 fully saturated rings. The molecule has 0 aliphatic heterocycles. The summed E-state index contributed by atoms with van der Waals surface area (Å²) in [6.45, 7) is 2.98. The van der Waals surface area contributed by atoms with Gasteiger partial charge in [-0.3, -0.25) is 0 Å². The van der Waals surface area contributed by atoms with Crippen LogP contribution in [0.3, 0.4) is 0 Å². The van der Waals surface area contributed by atoms with E-state index in [0.717, 1.165) is 38.1 Å². The van der Waals surface area contributed by atoms with Gasteiger partial charge in [0.25, 0.3) is 0 Å². The van der Waals surface area contributed by atoms with Gasteiger partial charge in [0, 0.05) is 12.5 Å². The Morgan fingerprint density at radius 3 is 3.00 bits per heavy atom. The van der Waals surface area contributed by atoms with Gasteiger partial charge in [0.2, 0.25) is 0 Å². The van der Waals surface area contributed by atoms with Crippen molar-refractivity contribution >= 4 is 6.01 Å². The largest absolute Gasteiger partial charge is 0.338 e. The van der Waals surface area contributed by atoms with Crippen LogP contribution in [0.2, 0.25) is 0 Å². The standard InChI is InChI=1S/C15H19N3O/c1-2-9-16-15-17-14(18-19-15)13-8-7-11-5-3-4-6-12(11)10-13/h3-6,13H,2,7-10H2,1H3,(H,16,17,18). The van der Waals surface area contributed by atoms with Crippen molar-refractivity contribution in [1.29, 1.82) is 0 Å². The van der Waals surface area contributed by atoms with E-state index in [0.29, 0.717) is 11.9 Å². The smallest absolute Gasteiger partial charge is 0.321 e. The summed E-state index contributed by atoms with van der Waals surface area (Å²) in [5, 5.41) is 7.25. The van der Waals surface area contributed by atoms with Crippen molar-refractivity contribution in [3.63, 3.8) is 0 Å². The maximum Gasteiger partial charge on any atom is 0.321 e. The Kier molecular flexibility index (Phi) is 3.49. The van der Waals surface area contributed by atoms with Crippen molar-refractivity contribution in [3.05, 3.63) is 41.2 Å². The number of aromatic nitrogens is 2. The van der Waals surface area contributed by atoms with Gasteiger partial charge in [-0.05, 0) is 36.8 Å². The highest BCUT2D eigenvalue weighted by Crippen LogP contribution is 2.31. The first kappa shape index (κ1) is 12.2. The molecule has 1 N–H and O–H groups in total. The zero-order valence-corrected chi connectivity index (χ0v) is 11.2. The molecule has 100 valence electrons. The molecule has 0 spiro atoms. The molecule has 0 saturated carbocycles. The molecule has 19 heavy (non-hydrogen) atoms. The first-order valence-corrected chi connectivity index (χ1v) is 7.01. The van der Waals surface area contributed by atoms with Gasteiger partial charge < -0.3 is 9.84 Å². The molecule has 1 aromatic heterocycles.